The van der Waals surface area contributed by atoms with E-state index in [1.54, 1.807) is 22.1 Å². The highest BCUT2D eigenvalue weighted by molar-refractivity contribution is 7.13. The number of rotatable bonds is 12. The number of aryl methyl sites for hydroxylation is 1. The van der Waals surface area contributed by atoms with Crippen LogP contribution in [0, 0.1) is 18.3 Å². The Morgan fingerprint density at radius 2 is 1.66 bits per heavy atom. The standard InChI is InChI=1S/C59H71ClF2N10O4S/c1-35-51(77-34-63-35)40-16-14-38(15-17-40)45(32-69-26-22-59(61,62)23-27-69)64-53(74)49-29-42(73)31-70(49)55(76)52(57(2,3)4)71-33-46(66-67-71)39-12-10-36(11-13-39)30-68-24-20-37(21-25-68)41-18-19-43-48(28-41)72-47-9-7-8-44(60)50(47)54(75)65-56(72)58(43,5)6/h7-9,14-19,28,33-34,36-37,39,42,45,49,52,73H,10-13,20-27,29-32H2,1-6H3,(H,64,74)/t36?,39?,42-,45+,49+,52-/m1/s1. The first-order valence-electron chi connectivity index (χ1n) is 27.6. The lowest BCUT2D eigenvalue weighted by Gasteiger charge is -2.37. The average Bonchev–Trinajstić information content (AvgIpc) is 4.34. The molecule has 18 heteroatoms. The van der Waals surface area contributed by atoms with Gasteiger partial charge in [0.15, 0.2) is 0 Å². The third-order valence-corrected chi connectivity index (χ3v) is 18.9. The zero-order chi connectivity index (χ0) is 54.1. The summed E-state index contributed by atoms with van der Waals surface area (Å²) in [6, 6.07) is 18.1. The Morgan fingerprint density at radius 3 is 2.35 bits per heavy atom. The Labute approximate surface area is 458 Å². The molecule has 7 heterocycles. The molecule has 4 aliphatic heterocycles. The number of hydrogen-bond acceptors (Lipinski definition) is 11. The van der Waals surface area contributed by atoms with Crippen LogP contribution in [0.25, 0.3) is 27.0 Å². The number of β-amino-alcohol motifs (C(OH)–C–C–N with tert-alkyl or cyclic N) is 1. The summed E-state index contributed by atoms with van der Waals surface area (Å²) >= 11 is 8.11. The summed E-state index contributed by atoms with van der Waals surface area (Å²) in [6.07, 6.45) is 6.88. The molecule has 0 unspecified atom stereocenters. The number of piperidine rings is 2. The van der Waals surface area contributed by atoms with Crippen molar-refractivity contribution >= 4 is 45.7 Å². The highest BCUT2D eigenvalue weighted by Gasteiger charge is 2.47. The van der Waals surface area contributed by atoms with E-state index in [0.717, 1.165) is 108 Å². The van der Waals surface area contributed by atoms with E-state index < -0.39 is 46.9 Å². The minimum absolute atomic E-state index is 0.00115. The second-order valence-electron chi connectivity index (χ2n) is 24.3. The predicted octanol–water partition coefficient (Wildman–Crippen LogP) is 9.99. The monoisotopic (exact) mass is 1090 g/mol. The Hall–Kier alpha value is -5.46. The molecule has 3 saturated heterocycles. The molecule has 0 bridgehead atoms. The molecule has 0 radical (unpaired) electrons. The average molecular weight is 1090 g/mol. The van der Waals surface area contributed by atoms with Crippen molar-refractivity contribution in [2.24, 2.45) is 11.3 Å². The van der Waals surface area contributed by atoms with Crippen LogP contribution >= 0.6 is 22.9 Å². The van der Waals surface area contributed by atoms with Gasteiger partial charge in [-0.1, -0.05) is 80.1 Å². The van der Waals surface area contributed by atoms with Crippen LogP contribution in [0.3, 0.4) is 0 Å². The maximum atomic E-state index is 14.9. The largest absolute Gasteiger partial charge is 0.391 e. The Morgan fingerprint density at radius 1 is 0.935 bits per heavy atom. The molecule has 4 fully saturated rings. The first-order chi connectivity index (χ1) is 36.7. The van der Waals surface area contributed by atoms with Gasteiger partial charge in [-0.05, 0) is 130 Å². The highest BCUT2D eigenvalue weighted by atomic mass is 35.5. The first-order valence-corrected chi connectivity index (χ1v) is 28.9. The fraction of sp³-hybridized carbons (Fsp3) is 0.542. The number of aliphatic hydroxyl groups excluding tert-OH is 1. The van der Waals surface area contributed by atoms with Gasteiger partial charge in [-0.15, -0.1) is 16.4 Å². The van der Waals surface area contributed by atoms with Crippen LogP contribution in [0.2, 0.25) is 5.02 Å². The zero-order valence-electron chi connectivity index (χ0n) is 45.0. The Kier molecular flexibility index (Phi) is 14.6. The number of halogens is 3. The van der Waals surface area contributed by atoms with E-state index in [2.05, 4.69) is 67.1 Å². The van der Waals surface area contributed by atoms with E-state index in [1.165, 1.54) is 10.5 Å². The minimum atomic E-state index is -2.71. The van der Waals surface area contributed by atoms with Crippen molar-refractivity contribution in [3.63, 3.8) is 0 Å². The maximum Gasteiger partial charge on any atom is 0.282 e. The van der Waals surface area contributed by atoms with E-state index in [1.807, 2.05) is 80.7 Å². The molecule has 408 valence electrons. The van der Waals surface area contributed by atoms with Crippen LogP contribution in [-0.4, -0.2) is 125 Å². The number of aliphatic hydroxyl groups is 1. The van der Waals surface area contributed by atoms with Gasteiger partial charge in [0.1, 0.15) is 17.9 Å². The number of hydrogen-bond donors (Lipinski definition) is 2. The predicted molar refractivity (Wildman–Crippen MR) is 296 cm³/mol. The summed E-state index contributed by atoms with van der Waals surface area (Å²) in [6.45, 7) is 16.0. The summed E-state index contributed by atoms with van der Waals surface area (Å²) in [5, 5.41) is 24.4. The molecule has 3 aromatic heterocycles. The Bertz CT molecular complexity index is 3220. The number of likely N-dealkylation sites (tertiary alicyclic amines) is 3. The van der Waals surface area contributed by atoms with Crippen LogP contribution in [-0.2, 0) is 15.0 Å². The van der Waals surface area contributed by atoms with Crippen molar-refractivity contribution in [2.45, 2.75) is 147 Å². The van der Waals surface area contributed by atoms with Gasteiger partial charge < -0.3 is 25.1 Å². The molecule has 77 heavy (non-hydrogen) atoms. The summed E-state index contributed by atoms with van der Waals surface area (Å²) in [5.74, 6) is -1.44. The number of alkyl halides is 2. The summed E-state index contributed by atoms with van der Waals surface area (Å²) in [4.78, 5) is 58.7. The summed E-state index contributed by atoms with van der Waals surface area (Å²) in [5.41, 5.74) is 8.45. The lowest BCUT2D eigenvalue weighted by molar-refractivity contribution is -0.144. The molecule has 3 aromatic carbocycles. The quantitative estimate of drug-likeness (QED) is 0.121. The number of benzene rings is 3. The summed E-state index contributed by atoms with van der Waals surface area (Å²) in [7, 11) is 0. The molecule has 5 aliphatic rings. The number of aromatic nitrogens is 6. The molecule has 2 N–H and O–H groups in total. The number of carbonyl (C=O) groups is 2. The van der Waals surface area contributed by atoms with Crippen molar-refractivity contribution in [3.8, 4) is 16.1 Å². The Balaban J connectivity index is 0.716. The van der Waals surface area contributed by atoms with E-state index in [-0.39, 0.29) is 56.3 Å². The van der Waals surface area contributed by atoms with Crippen molar-refractivity contribution in [2.75, 3.05) is 45.8 Å². The molecular formula is C59H71ClF2N10O4S. The van der Waals surface area contributed by atoms with Crippen molar-refractivity contribution in [1.82, 2.24) is 49.5 Å². The number of fused-ring (bicyclic) bond motifs is 5. The lowest BCUT2D eigenvalue weighted by atomic mass is 9.80. The van der Waals surface area contributed by atoms with Crippen LogP contribution in [0.4, 0.5) is 8.78 Å². The normalized spacial score (nSPS) is 23.7. The zero-order valence-corrected chi connectivity index (χ0v) is 46.6. The smallest absolute Gasteiger partial charge is 0.282 e. The topological polar surface area (TPSA) is 155 Å². The van der Waals surface area contributed by atoms with E-state index >= 15 is 0 Å². The molecular weight excluding hydrogens is 1020 g/mol. The molecule has 2 amide bonds. The molecule has 1 saturated carbocycles. The van der Waals surface area contributed by atoms with Crippen molar-refractivity contribution < 1.29 is 23.5 Å². The number of nitrogens with one attached hydrogen (secondary N) is 1. The van der Waals surface area contributed by atoms with Gasteiger partial charge in [-0.3, -0.25) is 19.0 Å². The first kappa shape index (κ1) is 53.5. The second-order valence-corrected chi connectivity index (χ2v) is 25.6. The van der Waals surface area contributed by atoms with Crippen molar-refractivity contribution in [3.05, 3.63) is 122 Å². The van der Waals surface area contributed by atoms with E-state index in [0.29, 0.717) is 28.8 Å². The molecule has 11 rings (SSSR count). The number of amides is 2. The minimum Gasteiger partial charge on any atom is -0.391 e. The fourth-order valence-electron chi connectivity index (χ4n) is 13.2. The van der Waals surface area contributed by atoms with E-state index in [4.69, 9.17) is 11.6 Å². The molecule has 14 nitrogen and oxygen atoms in total. The molecule has 0 spiro atoms. The van der Waals surface area contributed by atoms with Gasteiger partial charge in [-0.2, -0.15) is 4.98 Å². The van der Waals surface area contributed by atoms with Gasteiger partial charge >= 0.3 is 0 Å². The van der Waals surface area contributed by atoms with Gasteiger partial charge in [0.2, 0.25) is 11.8 Å². The lowest BCUT2D eigenvalue weighted by Crippen LogP contribution is -2.52. The van der Waals surface area contributed by atoms with Crippen LogP contribution in [0.1, 0.15) is 150 Å². The summed E-state index contributed by atoms with van der Waals surface area (Å²) < 4.78 is 32.3. The SMILES string of the molecule is Cc1ncsc1-c1ccc([C@H](CN2CCC(F)(F)CC2)NC(=O)[C@@H]2C[C@@H](O)CN2C(=O)[C@@H](n2cc(C3CCC(CN4CCC(c5ccc6c(c5)-n5c(nc(=O)c7c(Cl)cccc75)C6(C)C)CC4)CC3)nn2)C(C)(C)C)cc1. The fourth-order valence-corrected chi connectivity index (χ4v) is 14.3. The molecule has 4 atom stereocenters. The van der Waals surface area contributed by atoms with E-state index in [9.17, 15) is 28.3 Å². The highest BCUT2D eigenvalue weighted by Crippen LogP contribution is 2.46. The van der Waals surface area contributed by atoms with Crippen molar-refractivity contribution in [1.29, 1.82) is 0 Å². The van der Waals surface area contributed by atoms with Crippen LogP contribution < -0.4 is 10.9 Å². The third kappa shape index (κ3) is 10.6. The maximum absolute atomic E-state index is 14.9. The molecule has 1 aliphatic carbocycles. The van der Waals surface area contributed by atoms with Gasteiger partial charge in [0, 0.05) is 64.1 Å². The van der Waals surface area contributed by atoms with Crippen LogP contribution in [0.5, 0.6) is 0 Å². The van der Waals surface area contributed by atoms with Gasteiger partial charge in [0.25, 0.3) is 11.5 Å². The number of thiazole rings is 1. The van der Waals surface area contributed by atoms with Gasteiger partial charge in [-0.25, -0.2) is 18.4 Å². The third-order valence-electron chi connectivity index (χ3n) is 17.6. The number of nitrogens with zero attached hydrogens (tertiary/aromatic N) is 9. The van der Waals surface area contributed by atoms with Gasteiger partial charge in [0.05, 0.1) is 60.9 Å². The van der Waals surface area contributed by atoms with Crippen LogP contribution in [0.15, 0.2) is 77.2 Å². The molecule has 6 aromatic rings. The second kappa shape index (κ2) is 21.0. The number of carbonyl (C=O) groups excluding carboxylic acids is 2.